The number of H-pyrrole nitrogens is 1. The third-order valence-corrected chi connectivity index (χ3v) is 2.44. The normalized spacial score (nSPS) is 10.4. The van der Waals surface area contributed by atoms with Crippen LogP contribution in [0.2, 0.25) is 5.02 Å². The lowest BCUT2D eigenvalue weighted by atomic mass is 10.4. The fourth-order valence-corrected chi connectivity index (χ4v) is 1.45. The van der Waals surface area contributed by atoms with E-state index in [0.29, 0.717) is 12.2 Å². The van der Waals surface area contributed by atoms with Crippen molar-refractivity contribution in [1.82, 2.24) is 19.7 Å². The Hall–Kier alpha value is -1.82. The van der Waals surface area contributed by atoms with Crippen molar-refractivity contribution in [2.45, 2.75) is 6.54 Å². The molecular weight excluding hydrogens is 230 g/mol. The van der Waals surface area contributed by atoms with E-state index in [1.807, 2.05) is 0 Å². The topological polar surface area (TPSA) is 75.6 Å². The Morgan fingerprint density at radius 3 is 3.12 bits per heavy atom. The van der Waals surface area contributed by atoms with Crippen molar-refractivity contribution < 1.29 is 0 Å². The van der Waals surface area contributed by atoms with Crippen LogP contribution in [0, 0.1) is 0 Å². The zero-order chi connectivity index (χ0) is 11.5. The maximum atomic E-state index is 11.5. The number of aromatic amines is 1. The van der Waals surface area contributed by atoms with E-state index in [0.717, 1.165) is 5.82 Å². The van der Waals surface area contributed by atoms with E-state index in [2.05, 4.69) is 20.4 Å². The maximum Gasteiger partial charge on any atom is 0.287 e. The van der Waals surface area contributed by atoms with Crippen LogP contribution in [0.5, 0.6) is 0 Å². The van der Waals surface area contributed by atoms with Crippen molar-refractivity contribution in [2.24, 2.45) is 7.05 Å². The first-order valence-electron chi connectivity index (χ1n) is 4.62. The molecule has 0 spiro atoms. The molecule has 0 saturated carbocycles. The predicted octanol–water partition coefficient (Wildman–Crippen LogP) is 0.769. The van der Waals surface area contributed by atoms with E-state index >= 15 is 0 Å². The van der Waals surface area contributed by atoms with Gasteiger partial charge in [0, 0.05) is 19.4 Å². The number of hydrogen-bond acceptors (Lipinski definition) is 4. The van der Waals surface area contributed by atoms with E-state index in [1.54, 1.807) is 19.4 Å². The number of halogens is 1. The van der Waals surface area contributed by atoms with Crippen molar-refractivity contribution >= 4 is 17.3 Å². The SMILES string of the molecule is Cn1ncc(NCc2ncc[nH]2)c(Cl)c1=O. The Morgan fingerprint density at radius 1 is 1.62 bits per heavy atom. The summed E-state index contributed by atoms with van der Waals surface area (Å²) < 4.78 is 1.18. The lowest BCUT2D eigenvalue weighted by molar-refractivity contribution is 0.708. The Labute approximate surface area is 96.3 Å². The Bertz CT molecular complexity index is 533. The molecule has 0 aliphatic carbocycles. The Morgan fingerprint density at radius 2 is 2.44 bits per heavy atom. The first-order chi connectivity index (χ1) is 7.68. The van der Waals surface area contributed by atoms with Crippen molar-refractivity contribution in [1.29, 1.82) is 0 Å². The second-order valence-corrected chi connectivity index (χ2v) is 3.57. The van der Waals surface area contributed by atoms with Gasteiger partial charge >= 0.3 is 0 Å². The quantitative estimate of drug-likeness (QED) is 0.830. The first-order valence-corrected chi connectivity index (χ1v) is 5.00. The van der Waals surface area contributed by atoms with Crippen LogP contribution < -0.4 is 10.9 Å². The van der Waals surface area contributed by atoms with Crippen LogP contribution in [-0.4, -0.2) is 19.7 Å². The summed E-state index contributed by atoms with van der Waals surface area (Å²) in [5.41, 5.74) is 0.173. The van der Waals surface area contributed by atoms with Crippen molar-refractivity contribution in [3.63, 3.8) is 0 Å². The molecule has 0 fully saturated rings. The second kappa shape index (κ2) is 4.36. The molecule has 2 rings (SSSR count). The molecule has 2 aromatic rings. The molecule has 16 heavy (non-hydrogen) atoms. The fraction of sp³-hybridized carbons (Fsp3) is 0.222. The Kier molecular flexibility index (Phi) is 2.91. The van der Waals surface area contributed by atoms with Crippen LogP contribution in [0.1, 0.15) is 5.82 Å². The summed E-state index contributed by atoms with van der Waals surface area (Å²) in [5.74, 6) is 0.761. The third kappa shape index (κ3) is 2.06. The molecule has 2 N–H and O–H groups in total. The van der Waals surface area contributed by atoms with Gasteiger partial charge in [-0.15, -0.1) is 0 Å². The van der Waals surface area contributed by atoms with E-state index < -0.39 is 0 Å². The molecule has 6 nitrogen and oxygen atoms in total. The zero-order valence-electron chi connectivity index (χ0n) is 8.57. The molecule has 84 valence electrons. The highest BCUT2D eigenvalue weighted by atomic mass is 35.5. The Balaban J connectivity index is 2.16. The molecule has 2 aromatic heterocycles. The van der Waals surface area contributed by atoms with Gasteiger partial charge in [0.05, 0.1) is 18.4 Å². The molecule has 0 aromatic carbocycles. The molecule has 0 atom stereocenters. The van der Waals surface area contributed by atoms with Gasteiger partial charge in [-0.05, 0) is 0 Å². The number of hydrogen-bond donors (Lipinski definition) is 2. The van der Waals surface area contributed by atoms with Crippen LogP contribution in [0.4, 0.5) is 5.69 Å². The number of nitrogens with zero attached hydrogens (tertiary/aromatic N) is 3. The molecule has 0 amide bonds. The second-order valence-electron chi connectivity index (χ2n) is 3.19. The fourth-order valence-electron chi connectivity index (χ4n) is 1.21. The first kappa shape index (κ1) is 10.7. The zero-order valence-corrected chi connectivity index (χ0v) is 9.32. The molecule has 2 heterocycles. The van der Waals surface area contributed by atoms with Gasteiger partial charge in [0.1, 0.15) is 10.8 Å². The lowest BCUT2D eigenvalue weighted by Crippen LogP contribution is -2.21. The summed E-state index contributed by atoms with van der Waals surface area (Å²) in [6, 6.07) is 0. The highest BCUT2D eigenvalue weighted by Gasteiger charge is 2.06. The van der Waals surface area contributed by atoms with Crippen LogP contribution in [-0.2, 0) is 13.6 Å². The number of nitrogens with one attached hydrogen (secondary N) is 2. The van der Waals surface area contributed by atoms with Gasteiger partial charge in [-0.25, -0.2) is 9.67 Å². The van der Waals surface area contributed by atoms with Crippen molar-refractivity contribution in [3.8, 4) is 0 Å². The van der Waals surface area contributed by atoms with E-state index in [4.69, 9.17) is 11.6 Å². The largest absolute Gasteiger partial charge is 0.375 e. The minimum Gasteiger partial charge on any atom is -0.375 e. The summed E-state index contributed by atoms with van der Waals surface area (Å²) in [6.45, 7) is 0.460. The molecule has 0 aliphatic heterocycles. The highest BCUT2D eigenvalue weighted by molar-refractivity contribution is 6.32. The van der Waals surface area contributed by atoms with Gasteiger partial charge in [-0.1, -0.05) is 11.6 Å². The van der Waals surface area contributed by atoms with E-state index in [1.165, 1.54) is 10.9 Å². The monoisotopic (exact) mass is 239 g/mol. The standard InChI is InChI=1S/C9H10ClN5O/c1-15-9(16)8(10)6(4-14-15)13-5-7-11-2-3-12-7/h2-4,13H,5H2,1H3,(H,11,12). The molecule has 7 heteroatoms. The van der Waals surface area contributed by atoms with Crippen LogP contribution >= 0.6 is 11.6 Å². The van der Waals surface area contributed by atoms with Gasteiger partial charge in [-0.2, -0.15) is 5.10 Å². The van der Waals surface area contributed by atoms with Crippen LogP contribution in [0.25, 0.3) is 0 Å². The number of aromatic nitrogens is 4. The lowest BCUT2D eigenvalue weighted by Gasteiger charge is -2.06. The average molecular weight is 240 g/mol. The van der Waals surface area contributed by atoms with Crippen molar-refractivity contribution in [3.05, 3.63) is 39.8 Å². The predicted molar refractivity (Wildman–Crippen MR) is 60.4 cm³/mol. The number of aryl methyl sites for hydroxylation is 1. The van der Waals surface area contributed by atoms with Crippen LogP contribution in [0.3, 0.4) is 0 Å². The average Bonchev–Trinajstić information content (AvgIpc) is 2.78. The van der Waals surface area contributed by atoms with Crippen molar-refractivity contribution in [2.75, 3.05) is 5.32 Å². The molecule has 0 unspecified atom stereocenters. The third-order valence-electron chi connectivity index (χ3n) is 2.08. The molecule has 0 bridgehead atoms. The summed E-state index contributed by atoms with van der Waals surface area (Å²) >= 11 is 5.87. The van der Waals surface area contributed by atoms with E-state index in [9.17, 15) is 4.79 Å². The molecule has 0 aliphatic rings. The maximum absolute atomic E-state index is 11.5. The summed E-state index contributed by atoms with van der Waals surface area (Å²) in [6.07, 6.45) is 4.88. The summed E-state index contributed by atoms with van der Waals surface area (Å²) in [5, 5.41) is 6.98. The minimum atomic E-state index is -0.328. The molecule has 0 radical (unpaired) electrons. The summed E-state index contributed by atoms with van der Waals surface area (Å²) in [4.78, 5) is 18.4. The van der Waals surface area contributed by atoms with Crippen LogP contribution in [0.15, 0.2) is 23.4 Å². The van der Waals surface area contributed by atoms with E-state index in [-0.39, 0.29) is 10.6 Å². The van der Waals surface area contributed by atoms with Gasteiger partial charge < -0.3 is 10.3 Å². The highest BCUT2D eigenvalue weighted by Crippen LogP contribution is 2.15. The smallest absolute Gasteiger partial charge is 0.287 e. The molecular formula is C9H10ClN5O. The molecule has 0 saturated heterocycles. The minimum absolute atomic E-state index is 0.129. The number of rotatable bonds is 3. The van der Waals surface area contributed by atoms with Gasteiger partial charge in [0.15, 0.2) is 0 Å². The van der Waals surface area contributed by atoms with Gasteiger partial charge in [-0.3, -0.25) is 4.79 Å². The van der Waals surface area contributed by atoms with Gasteiger partial charge in [0.2, 0.25) is 0 Å². The summed E-state index contributed by atoms with van der Waals surface area (Å²) in [7, 11) is 1.55. The number of anilines is 1. The number of imidazole rings is 1. The van der Waals surface area contributed by atoms with Gasteiger partial charge in [0.25, 0.3) is 5.56 Å².